The lowest BCUT2D eigenvalue weighted by Crippen LogP contribution is -3.06. The van der Waals surface area contributed by atoms with Crippen molar-refractivity contribution in [3.8, 4) is 0 Å². The van der Waals surface area contributed by atoms with Gasteiger partial charge in [-0.25, -0.2) is 4.90 Å². The minimum Gasteiger partial charge on any atom is -0.298 e. The Morgan fingerprint density at radius 3 is 2.46 bits per heavy atom. The van der Waals surface area contributed by atoms with Crippen LogP contribution in [0.2, 0.25) is 0 Å². The van der Waals surface area contributed by atoms with E-state index in [-0.39, 0.29) is 0 Å². The quantitative estimate of drug-likeness (QED) is 0.559. The van der Waals surface area contributed by atoms with Gasteiger partial charge in [-0.1, -0.05) is 13.8 Å². The average Bonchev–Trinajstić information content (AvgIpc) is 2.53. The second kappa shape index (κ2) is 5.14. The molecule has 0 radical (unpaired) electrons. The fourth-order valence-corrected chi connectivity index (χ4v) is 1.54. The second-order valence-electron chi connectivity index (χ2n) is 3.46. The fourth-order valence-electron chi connectivity index (χ4n) is 1.54. The molecular formula is C10H21N3+2. The van der Waals surface area contributed by atoms with Crippen molar-refractivity contribution in [3.05, 3.63) is 12.4 Å². The Labute approximate surface area is 81.0 Å². The lowest BCUT2D eigenvalue weighted by Gasteiger charge is -2.17. The van der Waals surface area contributed by atoms with Gasteiger partial charge < -0.3 is 0 Å². The summed E-state index contributed by atoms with van der Waals surface area (Å²) in [5, 5.41) is 0. The predicted molar refractivity (Wildman–Crippen MR) is 55.0 cm³/mol. The summed E-state index contributed by atoms with van der Waals surface area (Å²) < 4.78 is 2.11. The van der Waals surface area contributed by atoms with Gasteiger partial charge in [-0.2, -0.15) is 4.58 Å². The SMILES string of the molecule is CCN(CC)CC[NH+]1C=C[N+](C)=C1. The minimum atomic E-state index is 1.16. The van der Waals surface area contributed by atoms with E-state index in [0.717, 1.165) is 13.1 Å². The molecule has 3 nitrogen and oxygen atoms in total. The molecule has 0 saturated carbocycles. The van der Waals surface area contributed by atoms with Crippen LogP contribution in [-0.2, 0) is 0 Å². The molecule has 74 valence electrons. The lowest BCUT2D eigenvalue weighted by atomic mass is 10.4. The number of hydrogen-bond donors (Lipinski definition) is 1. The largest absolute Gasteiger partial charge is 0.335 e. The van der Waals surface area contributed by atoms with Crippen molar-refractivity contribution in [3.63, 3.8) is 0 Å². The molecule has 0 amide bonds. The Hall–Kier alpha value is -0.670. The predicted octanol–water partition coefficient (Wildman–Crippen LogP) is -0.631. The summed E-state index contributed by atoms with van der Waals surface area (Å²) in [4.78, 5) is 3.89. The van der Waals surface area contributed by atoms with E-state index in [4.69, 9.17) is 0 Å². The smallest absolute Gasteiger partial charge is 0.298 e. The minimum absolute atomic E-state index is 1.16. The molecule has 1 aliphatic heterocycles. The normalized spacial score (nSPS) is 21.2. The number of hydrogen-bond acceptors (Lipinski definition) is 1. The highest BCUT2D eigenvalue weighted by Crippen LogP contribution is 1.83. The molecule has 3 heteroatoms. The van der Waals surface area contributed by atoms with Gasteiger partial charge in [0.2, 0.25) is 6.20 Å². The summed E-state index contributed by atoms with van der Waals surface area (Å²) in [6.07, 6.45) is 6.50. The highest BCUT2D eigenvalue weighted by molar-refractivity contribution is 5.38. The third kappa shape index (κ3) is 3.28. The van der Waals surface area contributed by atoms with Crippen LogP contribution in [0.3, 0.4) is 0 Å². The number of likely N-dealkylation sites (N-methyl/N-ethyl adjacent to an activating group) is 1. The standard InChI is InChI=1S/C10H20N3/c1-4-12(5-2)8-9-13-7-6-11(3)10-13/h6-7,10H,4-5,8-9H2,1-3H3/q+1/p+1. The zero-order valence-electron chi connectivity index (χ0n) is 8.95. The van der Waals surface area contributed by atoms with Crippen LogP contribution in [0.4, 0.5) is 0 Å². The molecule has 0 aromatic rings. The van der Waals surface area contributed by atoms with Gasteiger partial charge in [0.25, 0.3) is 0 Å². The molecule has 0 aromatic heterocycles. The van der Waals surface area contributed by atoms with Crippen LogP contribution < -0.4 is 4.90 Å². The van der Waals surface area contributed by atoms with Crippen molar-refractivity contribution >= 4 is 6.34 Å². The van der Waals surface area contributed by atoms with E-state index >= 15 is 0 Å². The van der Waals surface area contributed by atoms with Gasteiger partial charge >= 0.3 is 6.34 Å². The van der Waals surface area contributed by atoms with Crippen molar-refractivity contribution in [1.82, 2.24) is 4.90 Å². The van der Waals surface area contributed by atoms with Gasteiger partial charge in [0.15, 0.2) is 6.20 Å². The Kier molecular flexibility index (Phi) is 4.12. The molecular weight excluding hydrogens is 162 g/mol. The molecule has 0 saturated heterocycles. The average molecular weight is 183 g/mol. The van der Waals surface area contributed by atoms with Crippen LogP contribution in [0.15, 0.2) is 12.4 Å². The molecule has 1 heterocycles. The second-order valence-corrected chi connectivity index (χ2v) is 3.46. The van der Waals surface area contributed by atoms with E-state index in [1.165, 1.54) is 18.0 Å². The van der Waals surface area contributed by atoms with Crippen molar-refractivity contribution in [1.29, 1.82) is 0 Å². The zero-order chi connectivity index (χ0) is 9.68. The molecule has 1 N–H and O–H groups in total. The summed E-state index contributed by atoms with van der Waals surface area (Å²) in [6, 6.07) is 0. The zero-order valence-corrected chi connectivity index (χ0v) is 8.95. The first-order valence-corrected chi connectivity index (χ1v) is 5.09. The Morgan fingerprint density at radius 1 is 1.31 bits per heavy atom. The first kappa shape index (κ1) is 10.4. The van der Waals surface area contributed by atoms with Gasteiger partial charge in [-0.15, -0.1) is 0 Å². The molecule has 1 aliphatic rings. The monoisotopic (exact) mass is 183 g/mol. The number of nitrogens with one attached hydrogen (secondary N) is 1. The maximum atomic E-state index is 2.45. The van der Waals surface area contributed by atoms with Crippen LogP contribution in [-0.4, -0.2) is 49.0 Å². The summed E-state index contributed by atoms with van der Waals surface area (Å²) in [5.41, 5.74) is 0. The molecule has 1 atom stereocenters. The maximum Gasteiger partial charge on any atom is 0.335 e. The van der Waals surface area contributed by atoms with Gasteiger partial charge in [-0.05, 0) is 13.1 Å². The van der Waals surface area contributed by atoms with Crippen LogP contribution in [0.25, 0.3) is 0 Å². The molecule has 0 spiro atoms. The van der Waals surface area contributed by atoms with Crippen LogP contribution in [0.1, 0.15) is 13.8 Å². The maximum absolute atomic E-state index is 2.45. The number of nitrogens with zero attached hydrogens (tertiary/aromatic N) is 2. The number of quaternary nitrogens is 1. The van der Waals surface area contributed by atoms with E-state index in [1.807, 2.05) is 0 Å². The molecule has 0 bridgehead atoms. The highest BCUT2D eigenvalue weighted by atomic mass is 15.2. The lowest BCUT2D eigenvalue weighted by molar-refractivity contribution is -0.748. The van der Waals surface area contributed by atoms with Crippen LogP contribution >= 0.6 is 0 Å². The third-order valence-electron chi connectivity index (χ3n) is 2.50. The van der Waals surface area contributed by atoms with Crippen LogP contribution in [0, 0.1) is 0 Å². The van der Waals surface area contributed by atoms with E-state index in [9.17, 15) is 0 Å². The molecule has 0 aliphatic carbocycles. The Bertz CT molecular complexity index is 204. The fraction of sp³-hybridized carbons (Fsp3) is 0.700. The van der Waals surface area contributed by atoms with Crippen molar-refractivity contribution in [2.45, 2.75) is 13.8 Å². The summed E-state index contributed by atoms with van der Waals surface area (Å²) in [5.74, 6) is 0. The highest BCUT2D eigenvalue weighted by Gasteiger charge is 2.14. The van der Waals surface area contributed by atoms with Crippen molar-refractivity contribution in [2.24, 2.45) is 0 Å². The van der Waals surface area contributed by atoms with Gasteiger partial charge in [0, 0.05) is 6.54 Å². The topological polar surface area (TPSA) is 10.7 Å². The Balaban J connectivity index is 2.23. The van der Waals surface area contributed by atoms with Gasteiger partial charge in [0.05, 0.1) is 0 Å². The molecule has 0 fully saturated rings. The molecule has 1 unspecified atom stereocenters. The van der Waals surface area contributed by atoms with Gasteiger partial charge in [-0.3, -0.25) is 4.90 Å². The number of rotatable bonds is 5. The molecule has 1 rings (SSSR count). The van der Waals surface area contributed by atoms with Gasteiger partial charge in [0.1, 0.15) is 13.6 Å². The van der Waals surface area contributed by atoms with Crippen molar-refractivity contribution in [2.75, 3.05) is 33.2 Å². The van der Waals surface area contributed by atoms with E-state index in [2.05, 4.69) is 49.1 Å². The third-order valence-corrected chi connectivity index (χ3v) is 2.50. The Morgan fingerprint density at radius 2 is 2.00 bits per heavy atom. The van der Waals surface area contributed by atoms with E-state index in [1.54, 1.807) is 0 Å². The van der Waals surface area contributed by atoms with Crippen LogP contribution in [0.5, 0.6) is 0 Å². The first-order chi connectivity index (χ1) is 6.26. The van der Waals surface area contributed by atoms with E-state index < -0.39 is 0 Å². The summed E-state index contributed by atoms with van der Waals surface area (Å²) >= 11 is 0. The summed E-state index contributed by atoms with van der Waals surface area (Å²) in [6.45, 7) is 9.09. The van der Waals surface area contributed by atoms with E-state index in [0.29, 0.717) is 0 Å². The van der Waals surface area contributed by atoms with Crippen molar-refractivity contribution < 1.29 is 9.48 Å². The molecule has 0 aromatic carbocycles. The summed E-state index contributed by atoms with van der Waals surface area (Å²) in [7, 11) is 2.07. The molecule has 13 heavy (non-hydrogen) atoms. The first-order valence-electron chi connectivity index (χ1n) is 5.09.